The van der Waals surface area contributed by atoms with Crippen LogP contribution in [0.5, 0.6) is 0 Å². The van der Waals surface area contributed by atoms with E-state index in [1.807, 2.05) is 6.07 Å². The van der Waals surface area contributed by atoms with Crippen LogP contribution in [0.2, 0.25) is 0 Å². The fourth-order valence-electron chi connectivity index (χ4n) is 2.71. The molecule has 2 amide bonds. The molecule has 7 nitrogen and oxygen atoms in total. The fraction of sp³-hybridized carbons (Fsp3) is 0.294. The summed E-state index contributed by atoms with van der Waals surface area (Å²) in [5.74, 6) is 0.238. The van der Waals surface area contributed by atoms with Crippen LogP contribution in [-0.2, 0) is 4.79 Å². The van der Waals surface area contributed by atoms with Gasteiger partial charge in [0.1, 0.15) is 5.82 Å². The number of nitrogens with zero attached hydrogens (tertiary/aromatic N) is 3. The average molecular weight is 325 g/mol. The molecule has 124 valence electrons. The Balaban J connectivity index is 1.46. The number of anilines is 1. The van der Waals surface area contributed by atoms with Crippen LogP contribution < -0.4 is 15.8 Å². The van der Waals surface area contributed by atoms with Gasteiger partial charge >= 0.3 is 0 Å². The smallest absolute Gasteiger partial charge is 0.269 e. The normalized spacial score (nSPS) is 14.9. The Morgan fingerprint density at radius 2 is 1.79 bits per heavy atom. The highest BCUT2D eigenvalue weighted by Gasteiger charge is 2.25. The van der Waals surface area contributed by atoms with Gasteiger partial charge in [-0.25, -0.2) is 4.98 Å². The van der Waals surface area contributed by atoms with Gasteiger partial charge in [0, 0.05) is 37.0 Å². The maximum Gasteiger partial charge on any atom is 0.269 e. The van der Waals surface area contributed by atoms with Crippen LogP contribution in [0.4, 0.5) is 5.82 Å². The van der Waals surface area contributed by atoms with Crippen LogP contribution in [0.3, 0.4) is 0 Å². The van der Waals surface area contributed by atoms with Crippen LogP contribution in [0, 0.1) is 5.92 Å². The van der Waals surface area contributed by atoms with E-state index in [4.69, 9.17) is 0 Å². The molecule has 0 spiro atoms. The highest BCUT2D eigenvalue weighted by atomic mass is 16.2. The molecule has 1 saturated heterocycles. The van der Waals surface area contributed by atoms with Crippen molar-refractivity contribution < 1.29 is 9.59 Å². The molecule has 2 heterocycles. The van der Waals surface area contributed by atoms with E-state index in [1.165, 1.54) is 0 Å². The van der Waals surface area contributed by atoms with E-state index in [-0.39, 0.29) is 17.7 Å². The molecule has 2 N–H and O–H groups in total. The monoisotopic (exact) mass is 325 g/mol. The molecule has 1 fully saturated rings. The summed E-state index contributed by atoms with van der Waals surface area (Å²) in [7, 11) is 0. The number of aromatic nitrogens is 2. The van der Waals surface area contributed by atoms with E-state index < -0.39 is 0 Å². The van der Waals surface area contributed by atoms with Crippen molar-refractivity contribution in [2.24, 2.45) is 5.92 Å². The van der Waals surface area contributed by atoms with Crippen LogP contribution in [0.25, 0.3) is 0 Å². The molecular weight excluding hydrogens is 306 g/mol. The Morgan fingerprint density at radius 3 is 2.46 bits per heavy atom. The van der Waals surface area contributed by atoms with Crippen molar-refractivity contribution in [3.8, 4) is 0 Å². The molecule has 3 rings (SSSR count). The maximum absolute atomic E-state index is 12.2. The first kappa shape index (κ1) is 15.9. The Morgan fingerprint density at radius 1 is 1.04 bits per heavy atom. The lowest BCUT2D eigenvalue weighted by molar-refractivity contribution is -0.126. The second kappa shape index (κ2) is 7.54. The minimum Gasteiger partial charge on any atom is -0.355 e. The number of hydrogen-bond donors (Lipinski definition) is 2. The summed E-state index contributed by atoms with van der Waals surface area (Å²) >= 11 is 0. The molecule has 1 aromatic heterocycles. The van der Waals surface area contributed by atoms with E-state index in [0.717, 1.165) is 18.9 Å². The number of rotatable bonds is 3. The van der Waals surface area contributed by atoms with E-state index in [9.17, 15) is 9.59 Å². The van der Waals surface area contributed by atoms with Gasteiger partial charge in [0.25, 0.3) is 5.91 Å². The van der Waals surface area contributed by atoms with Gasteiger partial charge in [-0.15, -0.1) is 0 Å². The van der Waals surface area contributed by atoms with Crippen LogP contribution in [0.15, 0.2) is 48.9 Å². The quantitative estimate of drug-likeness (QED) is 0.827. The standard InChI is InChI=1S/C17H19N5O2/c23-16(13-4-2-1-3-5-13)20-21-17(24)14-6-10-22(11-7-14)15-12-18-8-9-19-15/h1-5,8-9,12,14H,6-7,10-11H2,(H,20,23)(H,21,24). The number of hydrogen-bond acceptors (Lipinski definition) is 5. The van der Waals surface area contributed by atoms with Crippen molar-refractivity contribution in [1.82, 2.24) is 20.8 Å². The number of carbonyl (C=O) groups excluding carboxylic acids is 2. The molecule has 0 saturated carbocycles. The molecule has 0 radical (unpaired) electrons. The Bertz CT molecular complexity index is 685. The Hall–Kier alpha value is -2.96. The molecule has 24 heavy (non-hydrogen) atoms. The van der Waals surface area contributed by atoms with Gasteiger partial charge < -0.3 is 4.90 Å². The molecule has 1 aliphatic rings. The van der Waals surface area contributed by atoms with Gasteiger partial charge in [-0.2, -0.15) is 0 Å². The first-order chi connectivity index (χ1) is 11.7. The van der Waals surface area contributed by atoms with E-state index in [0.29, 0.717) is 18.4 Å². The van der Waals surface area contributed by atoms with Crippen molar-refractivity contribution in [2.75, 3.05) is 18.0 Å². The SMILES string of the molecule is O=C(NNC(=O)C1CCN(c2cnccn2)CC1)c1ccccc1. The maximum atomic E-state index is 12.2. The predicted molar refractivity (Wildman–Crippen MR) is 89.0 cm³/mol. The zero-order valence-electron chi connectivity index (χ0n) is 13.2. The molecular formula is C17H19N5O2. The first-order valence-electron chi connectivity index (χ1n) is 7.90. The number of amides is 2. The Kier molecular flexibility index (Phi) is 5.00. The lowest BCUT2D eigenvalue weighted by Crippen LogP contribution is -2.47. The highest BCUT2D eigenvalue weighted by molar-refractivity contribution is 5.95. The third-order valence-electron chi connectivity index (χ3n) is 4.07. The van der Waals surface area contributed by atoms with Gasteiger partial charge in [-0.3, -0.25) is 25.4 Å². The second-order valence-electron chi connectivity index (χ2n) is 5.63. The molecule has 2 aromatic rings. The topological polar surface area (TPSA) is 87.2 Å². The van der Waals surface area contributed by atoms with Gasteiger partial charge in [0.05, 0.1) is 6.20 Å². The summed E-state index contributed by atoms with van der Waals surface area (Å²) in [4.78, 5) is 34.6. The minimum atomic E-state index is -0.319. The van der Waals surface area contributed by atoms with Gasteiger partial charge in [-0.1, -0.05) is 18.2 Å². The molecule has 1 aromatic carbocycles. The van der Waals surface area contributed by atoms with Crippen molar-refractivity contribution in [1.29, 1.82) is 0 Å². The molecule has 0 atom stereocenters. The summed E-state index contributed by atoms with van der Waals surface area (Å²) in [5, 5.41) is 0. The number of benzene rings is 1. The first-order valence-corrected chi connectivity index (χ1v) is 7.90. The highest BCUT2D eigenvalue weighted by Crippen LogP contribution is 2.20. The molecule has 0 bridgehead atoms. The summed E-state index contributed by atoms with van der Waals surface area (Å²) in [6.45, 7) is 1.48. The lowest BCUT2D eigenvalue weighted by Gasteiger charge is -2.31. The predicted octanol–water partition coefficient (Wildman–Crippen LogP) is 1.15. The third kappa shape index (κ3) is 3.87. The van der Waals surface area contributed by atoms with Crippen molar-refractivity contribution in [3.63, 3.8) is 0 Å². The number of piperidine rings is 1. The zero-order chi connectivity index (χ0) is 16.8. The van der Waals surface area contributed by atoms with Gasteiger partial charge in [0.15, 0.2) is 0 Å². The minimum absolute atomic E-state index is 0.117. The molecule has 0 aliphatic carbocycles. The number of nitrogens with one attached hydrogen (secondary N) is 2. The number of hydrazine groups is 1. The zero-order valence-corrected chi connectivity index (χ0v) is 13.2. The number of carbonyl (C=O) groups is 2. The van der Waals surface area contributed by atoms with Crippen molar-refractivity contribution >= 4 is 17.6 Å². The molecule has 0 unspecified atom stereocenters. The Labute approximate surface area is 140 Å². The summed E-state index contributed by atoms with van der Waals surface area (Å²) in [6, 6.07) is 8.78. The van der Waals surface area contributed by atoms with Crippen LogP contribution in [-0.4, -0.2) is 34.9 Å². The third-order valence-corrected chi connectivity index (χ3v) is 4.07. The van der Waals surface area contributed by atoms with Crippen molar-refractivity contribution in [3.05, 3.63) is 54.5 Å². The lowest BCUT2D eigenvalue weighted by atomic mass is 9.96. The molecule has 7 heteroatoms. The van der Waals surface area contributed by atoms with Crippen LogP contribution >= 0.6 is 0 Å². The fourth-order valence-corrected chi connectivity index (χ4v) is 2.71. The second-order valence-corrected chi connectivity index (χ2v) is 5.63. The van der Waals surface area contributed by atoms with Gasteiger partial charge in [0.2, 0.25) is 5.91 Å². The van der Waals surface area contributed by atoms with Crippen molar-refractivity contribution in [2.45, 2.75) is 12.8 Å². The largest absolute Gasteiger partial charge is 0.355 e. The van der Waals surface area contributed by atoms with Crippen LogP contribution in [0.1, 0.15) is 23.2 Å². The summed E-state index contributed by atoms with van der Waals surface area (Å²) in [5.41, 5.74) is 5.49. The van der Waals surface area contributed by atoms with E-state index in [2.05, 4.69) is 25.7 Å². The summed E-state index contributed by atoms with van der Waals surface area (Å²) < 4.78 is 0. The van der Waals surface area contributed by atoms with E-state index >= 15 is 0 Å². The van der Waals surface area contributed by atoms with E-state index in [1.54, 1.807) is 42.9 Å². The molecule has 1 aliphatic heterocycles. The summed E-state index contributed by atoms with van der Waals surface area (Å²) in [6.07, 6.45) is 6.44. The average Bonchev–Trinajstić information content (AvgIpc) is 2.67. The van der Waals surface area contributed by atoms with Gasteiger partial charge in [-0.05, 0) is 25.0 Å².